The summed E-state index contributed by atoms with van der Waals surface area (Å²) in [5.74, 6) is 1.53. The number of nitrogens with zero attached hydrogens (tertiary/aromatic N) is 3. The van der Waals surface area contributed by atoms with Gasteiger partial charge in [-0.1, -0.05) is 30.3 Å². The van der Waals surface area contributed by atoms with Crippen LogP contribution < -0.4 is 5.32 Å². The highest BCUT2D eigenvalue weighted by Gasteiger charge is 2.55. The lowest BCUT2D eigenvalue weighted by Gasteiger charge is -2.51. The lowest BCUT2D eigenvalue weighted by atomic mass is 9.68. The summed E-state index contributed by atoms with van der Waals surface area (Å²) in [6.45, 7) is 5.46. The van der Waals surface area contributed by atoms with Crippen molar-refractivity contribution < 1.29 is 5.11 Å². The van der Waals surface area contributed by atoms with Crippen molar-refractivity contribution in [2.24, 2.45) is 11.8 Å². The Kier molecular flexibility index (Phi) is 6.17. The molecule has 172 valence electrons. The molecule has 0 radical (unpaired) electrons. The van der Waals surface area contributed by atoms with Crippen LogP contribution in [0, 0.1) is 11.8 Å². The number of hydrogen-bond acceptors (Lipinski definition) is 5. The molecule has 5 rings (SSSR count). The van der Waals surface area contributed by atoms with Crippen molar-refractivity contribution in [2.75, 3.05) is 46.8 Å². The number of hydrogen-bond donors (Lipinski definition) is 2. The zero-order chi connectivity index (χ0) is 21.5. The second-order valence-electron chi connectivity index (χ2n) is 11.1. The molecule has 31 heavy (non-hydrogen) atoms. The molecule has 2 N–H and O–H groups in total. The van der Waals surface area contributed by atoms with Gasteiger partial charge in [0.05, 0.1) is 0 Å². The van der Waals surface area contributed by atoms with Gasteiger partial charge in [0.1, 0.15) is 0 Å². The molecule has 1 atom stereocenters. The number of rotatable bonds is 6. The molecule has 2 saturated heterocycles. The van der Waals surface area contributed by atoms with Crippen molar-refractivity contribution >= 4 is 0 Å². The molecule has 2 aliphatic heterocycles. The summed E-state index contributed by atoms with van der Waals surface area (Å²) in [7, 11) is 4.50. The average Bonchev–Trinajstić information content (AvgIpc) is 3.59. The summed E-state index contributed by atoms with van der Waals surface area (Å²) in [6, 6.07) is 11.1. The Morgan fingerprint density at radius 3 is 2.19 bits per heavy atom. The summed E-state index contributed by atoms with van der Waals surface area (Å²) in [5, 5.41) is 14.9. The van der Waals surface area contributed by atoms with Crippen molar-refractivity contribution in [3.05, 3.63) is 35.9 Å². The zero-order valence-electron chi connectivity index (χ0n) is 19.6. The molecule has 5 heteroatoms. The van der Waals surface area contributed by atoms with Gasteiger partial charge in [-0.25, -0.2) is 0 Å². The number of aliphatic hydroxyl groups excluding tert-OH is 1. The molecule has 0 bridgehead atoms. The topological polar surface area (TPSA) is 42.0 Å². The van der Waals surface area contributed by atoms with E-state index in [-0.39, 0.29) is 17.4 Å². The van der Waals surface area contributed by atoms with Gasteiger partial charge >= 0.3 is 0 Å². The molecule has 4 aliphatic rings. The third kappa shape index (κ3) is 4.20. The monoisotopic (exact) mass is 426 g/mol. The Morgan fingerprint density at radius 1 is 0.935 bits per heavy atom. The van der Waals surface area contributed by atoms with E-state index in [1.54, 1.807) is 0 Å². The summed E-state index contributed by atoms with van der Waals surface area (Å²) >= 11 is 0. The van der Waals surface area contributed by atoms with Gasteiger partial charge in [0.25, 0.3) is 0 Å². The van der Waals surface area contributed by atoms with Crippen LogP contribution in [0.4, 0.5) is 0 Å². The van der Waals surface area contributed by atoms with Crippen molar-refractivity contribution in [1.29, 1.82) is 0 Å². The first-order valence-electron chi connectivity index (χ1n) is 12.6. The van der Waals surface area contributed by atoms with Crippen LogP contribution in [-0.2, 0) is 5.54 Å². The lowest BCUT2D eigenvalue weighted by Crippen LogP contribution is -2.56. The standard InChI is InChI=1S/C26H42N4O/c1-28(2)26(23-6-4-3-5-7-23)14-12-25(13-15-26)20-29(18-22-10-16-27-17-11-22)24(31)30(25)19-21-8-9-21/h3-7,21-22,24,27,31H,8-20H2,1-2H3/t24?,25-,26+. The van der Waals surface area contributed by atoms with Gasteiger partial charge in [0.15, 0.2) is 6.35 Å². The largest absolute Gasteiger partial charge is 0.365 e. The summed E-state index contributed by atoms with van der Waals surface area (Å²) < 4.78 is 0. The lowest BCUT2D eigenvalue weighted by molar-refractivity contribution is -0.0967. The molecule has 2 aliphatic carbocycles. The van der Waals surface area contributed by atoms with Gasteiger partial charge < -0.3 is 10.4 Å². The maximum atomic E-state index is 11.5. The van der Waals surface area contributed by atoms with Crippen LogP contribution in [0.5, 0.6) is 0 Å². The molecule has 4 fully saturated rings. The van der Waals surface area contributed by atoms with E-state index in [1.807, 2.05) is 0 Å². The first-order valence-corrected chi connectivity index (χ1v) is 12.6. The van der Waals surface area contributed by atoms with Crippen LogP contribution in [-0.4, -0.2) is 78.5 Å². The molecule has 0 aromatic heterocycles. The molecule has 1 unspecified atom stereocenters. The Labute approximate surface area is 188 Å². The fourth-order valence-corrected chi connectivity index (χ4v) is 6.73. The van der Waals surface area contributed by atoms with Gasteiger partial charge in [0, 0.05) is 30.7 Å². The molecule has 1 aromatic rings. The van der Waals surface area contributed by atoms with E-state index in [4.69, 9.17) is 0 Å². The second-order valence-corrected chi connectivity index (χ2v) is 11.1. The van der Waals surface area contributed by atoms with Crippen molar-refractivity contribution in [1.82, 2.24) is 20.0 Å². The normalized spacial score (nSPS) is 35.9. The van der Waals surface area contributed by atoms with Gasteiger partial charge in [-0.15, -0.1) is 0 Å². The molecule has 5 nitrogen and oxygen atoms in total. The first kappa shape index (κ1) is 21.8. The predicted octanol–water partition coefficient (Wildman–Crippen LogP) is 3.06. The third-order valence-electron chi connectivity index (χ3n) is 8.99. The van der Waals surface area contributed by atoms with Crippen molar-refractivity contribution in [3.8, 4) is 0 Å². The fourth-order valence-electron chi connectivity index (χ4n) is 6.73. The Morgan fingerprint density at radius 2 is 1.58 bits per heavy atom. The number of benzene rings is 1. The van der Waals surface area contributed by atoms with Crippen LogP contribution >= 0.6 is 0 Å². The minimum absolute atomic E-state index is 0.116. The highest BCUT2D eigenvalue weighted by Crippen LogP contribution is 2.50. The first-order chi connectivity index (χ1) is 15.0. The average molecular weight is 427 g/mol. The Hall–Kier alpha value is -0.980. The molecule has 1 aromatic carbocycles. The molecule has 1 spiro atoms. The molecular formula is C26H42N4O. The van der Waals surface area contributed by atoms with E-state index in [0.29, 0.717) is 0 Å². The summed E-state index contributed by atoms with van der Waals surface area (Å²) in [6.07, 6.45) is 9.47. The van der Waals surface area contributed by atoms with Gasteiger partial charge in [0.2, 0.25) is 0 Å². The zero-order valence-corrected chi connectivity index (χ0v) is 19.6. The SMILES string of the molecule is CN(C)[C@]1(c2ccccc2)CC[C@]2(CC1)CN(CC1CCNCC1)C(O)N2CC1CC1. The summed E-state index contributed by atoms with van der Waals surface area (Å²) in [5.41, 5.74) is 1.71. The van der Waals surface area contributed by atoms with Crippen LogP contribution in [0.1, 0.15) is 56.9 Å². The maximum Gasteiger partial charge on any atom is 0.166 e. The van der Waals surface area contributed by atoms with Gasteiger partial charge in [-0.3, -0.25) is 14.7 Å². The van der Waals surface area contributed by atoms with E-state index >= 15 is 0 Å². The number of aliphatic hydroxyl groups is 1. The number of piperidine rings is 1. The van der Waals surface area contributed by atoms with Crippen LogP contribution in [0.3, 0.4) is 0 Å². The van der Waals surface area contributed by atoms with E-state index in [9.17, 15) is 5.11 Å². The van der Waals surface area contributed by atoms with Crippen molar-refractivity contribution in [2.45, 2.75) is 68.8 Å². The van der Waals surface area contributed by atoms with Crippen LogP contribution in [0.25, 0.3) is 0 Å². The highest BCUT2D eigenvalue weighted by atomic mass is 16.3. The Balaban J connectivity index is 1.35. The fraction of sp³-hybridized carbons (Fsp3) is 0.769. The van der Waals surface area contributed by atoms with Gasteiger partial charge in [-0.05, 0) is 96.0 Å². The molecular weight excluding hydrogens is 384 g/mol. The Bertz CT molecular complexity index is 720. The minimum Gasteiger partial charge on any atom is -0.365 e. The summed E-state index contributed by atoms with van der Waals surface area (Å²) in [4.78, 5) is 7.43. The van der Waals surface area contributed by atoms with Crippen LogP contribution in [0.2, 0.25) is 0 Å². The van der Waals surface area contributed by atoms with E-state index in [2.05, 4.69) is 64.4 Å². The highest BCUT2D eigenvalue weighted by molar-refractivity contribution is 5.26. The molecule has 2 heterocycles. The maximum absolute atomic E-state index is 11.5. The third-order valence-corrected chi connectivity index (χ3v) is 8.99. The molecule has 2 saturated carbocycles. The van der Waals surface area contributed by atoms with Crippen LogP contribution in [0.15, 0.2) is 30.3 Å². The second kappa shape index (κ2) is 8.75. The minimum atomic E-state index is -0.390. The predicted molar refractivity (Wildman–Crippen MR) is 126 cm³/mol. The smallest absolute Gasteiger partial charge is 0.166 e. The molecule has 0 amide bonds. The van der Waals surface area contributed by atoms with E-state index in [1.165, 1.54) is 56.9 Å². The van der Waals surface area contributed by atoms with E-state index < -0.39 is 0 Å². The quantitative estimate of drug-likeness (QED) is 0.732. The number of nitrogens with one attached hydrogen (secondary N) is 1. The van der Waals surface area contributed by atoms with E-state index in [0.717, 1.165) is 44.6 Å². The van der Waals surface area contributed by atoms with Gasteiger partial charge in [-0.2, -0.15) is 0 Å². The van der Waals surface area contributed by atoms with Crippen molar-refractivity contribution in [3.63, 3.8) is 0 Å².